The molecule has 2 rings (SSSR count). The largest absolute Gasteiger partial charge is 0.352 e. The van der Waals surface area contributed by atoms with Crippen LogP contribution < -0.4 is 5.32 Å². The lowest BCUT2D eigenvalue weighted by Gasteiger charge is -2.22. The molecule has 1 heterocycles. The zero-order chi connectivity index (χ0) is 18.6. The average Bonchev–Trinajstić information content (AvgIpc) is 2.85. The highest BCUT2D eigenvalue weighted by molar-refractivity contribution is 7.90. The molecule has 136 valence electrons. The van der Waals surface area contributed by atoms with Gasteiger partial charge < -0.3 is 14.8 Å². The molecule has 0 saturated heterocycles. The smallest absolute Gasteiger partial charge is 0.194 e. The van der Waals surface area contributed by atoms with Crippen molar-refractivity contribution in [3.8, 4) is 0 Å². The van der Waals surface area contributed by atoms with Crippen LogP contribution in [-0.4, -0.2) is 44.2 Å². The normalized spacial score (nSPS) is 12.3. The fraction of sp³-hybridized carbons (Fsp3) is 0.353. The van der Waals surface area contributed by atoms with Crippen LogP contribution >= 0.6 is 11.6 Å². The highest BCUT2D eigenvalue weighted by atomic mass is 35.5. The lowest BCUT2D eigenvalue weighted by atomic mass is 10.2. The van der Waals surface area contributed by atoms with Crippen molar-refractivity contribution in [2.24, 2.45) is 12.0 Å². The van der Waals surface area contributed by atoms with Crippen molar-refractivity contribution in [1.29, 1.82) is 0 Å². The molecule has 1 aromatic carbocycles. The summed E-state index contributed by atoms with van der Waals surface area (Å²) in [6.45, 7) is 1.21. The molecule has 0 radical (unpaired) electrons. The van der Waals surface area contributed by atoms with Gasteiger partial charge in [-0.15, -0.1) is 0 Å². The van der Waals surface area contributed by atoms with Crippen LogP contribution in [0.1, 0.15) is 11.3 Å². The quantitative estimate of drug-likeness (QED) is 0.636. The van der Waals surface area contributed by atoms with Crippen LogP contribution in [0.5, 0.6) is 0 Å². The Morgan fingerprint density at radius 2 is 1.96 bits per heavy atom. The van der Waals surface area contributed by atoms with Gasteiger partial charge >= 0.3 is 0 Å². The third-order valence-electron chi connectivity index (χ3n) is 3.85. The molecule has 0 amide bonds. The molecule has 8 heteroatoms. The van der Waals surface area contributed by atoms with Gasteiger partial charge in [0.15, 0.2) is 15.8 Å². The summed E-state index contributed by atoms with van der Waals surface area (Å²) in [6.07, 6.45) is 3.07. The van der Waals surface area contributed by atoms with Crippen LogP contribution in [0.2, 0.25) is 5.02 Å². The standard InChI is InChI=1S/C17H23ClN4O2S/c1-19-17(22(3)12-15-9-14(18)11-21(15)2)20-10-13-5-7-16(8-6-13)25(4,23)24/h5-9,11H,10,12H2,1-4H3,(H,19,20). The van der Waals surface area contributed by atoms with Gasteiger partial charge in [0.1, 0.15) is 0 Å². The summed E-state index contributed by atoms with van der Waals surface area (Å²) in [5, 5.41) is 3.98. The minimum Gasteiger partial charge on any atom is -0.352 e. The van der Waals surface area contributed by atoms with Gasteiger partial charge in [-0.2, -0.15) is 0 Å². The second kappa shape index (κ2) is 7.93. The molecule has 0 aliphatic carbocycles. The van der Waals surface area contributed by atoms with E-state index < -0.39 is 9.84 Å². The zero-order valence-corrected chi connectivity index (χ0v) is 16.4. The molecule has 0 unspecified atom stereocenters. The number of hydrogen-bond acceptors (Lipinski definition) is 3. The lowest BCUT2D eigenvalue weighted by Crippen LogP contribution is -2.38. The Hall–Kier alpha value is -1.99. The molecule has 6 nitrogen and oxygen atoms in total. The number of halogens is 1. The number of aliphatic imine (C=N–C) groups is 1. The maximum absolute atomic E-state index is 11.5. The molecule has 0 aliphatic heterocycles. The van der Waals surface area contributed by atoms with Crippen LogP contribution in [0.4, 0.5) is 0 Å². The number of sulfone groups is 1. The molecule has 1 aromatic heterocycles. The second-order valence-electron chi connectivity index (χ2n) is 5.93. The summed E-state index contributed by atoms with van der Waals surface area (Å²) in [4.78, 5) is 6.60. The van der Waals surface area contributed by atoms with Crippen LogP contribution in [0.15, 0.2) is 46.4 Å². The van der Waals surface area contributed by atoms with Gasteiger partial charge in [-0.05, 0) is 23.8 Å². The first-order valence-corrected chi connectivity index (χ1v) is 9.99. The van der Waals surface area contributed by atoms with E-state index >= 15 is 0 Å². The summed E-state index contributed by atoms with van der Waals surface area (Å²) in [6, 6.07) is 8.76. The first kappa shape index (κ1) is 19.3. The average molecular weight is 383 g/mol. The van der Waals surface area contributed by atoms with E-state index in [9.17, 15) is 8.42 Å². The molecule has 0 fully saturated rings. The summed E-state index contributed by atoms with van der Waals surface area (Å²) in [5.74, 6) is 0.740. The number of hydrogen-bond donors (Lipinski definition) is 1. The summed E-state index contributed by atoms with van der Waals surface area (Å²) in [5.41, 5.74) is 2.05. The van der Waals surface area contributed by atoms with Crippen molar-refractivity contribution >= 4 is 27.4 Å². The van der Waals surface area contributed by atoms with Gasteiger partial charge in [-0.25, -0.2) is 8.42 Å². The summed E-state index contributed by atoms with van der Waals surface area (Å²) in [7, 11) is 2.46. The van der Waals surface area contributed by atoms with Crippen LogP contribution in [0.3, 0.4) is 0 Å². The minimum absolute atomic E-state index is 0.318. The van der Waals surface area contributed by atoms with E-state index in [4.69, 9.17) is 11.6 Å². The molecular formula is C17H23ClN4O2S. The first-order chi connectivity index (χ1) is 11.7. The SMILES string of the molecule is CN=C(NCc1ccc(S(C)(=O)=O)cc1)N(C)Cc1cc(Cl)cn1C. The molecule has 0 bridgehead atoms. The lowest BCUT2D eigenvalue weighted by molar-refractivity contribution is 0.461. The van der Waals surface area contributed by atoms with Gasteiger partial charge in [0.25, 0.3) is 0 Å². The third kappa shape index (κ3) is 5.24. The Kier molecular flexibility index (Phi) is 6.13. The molecular weight excluding hydrogens is 360 g/mol. The van der Waals surface area contributed by atoms with Gasteiger partial charge in [0, 0.05) is 45.8 Å². The van der Waals surface area contributed by atoms with E-state index in [-0.39, 0.29) is 0 Å². The number of benzene rings is 1. The Balaban J connectivity index is 1.99. The molecule has 0 spiro atoms. The number of rotatable bonds is 5. The van der Waals surface area contributed by atoms with E-state index in [1.807, 2.05) is 35.8 Å². The first-order valence-electron chi connectivity index (χ1n) is 7.72. The zero-order valence-electron chi connectivity index (χ0n) is 14.8. The van der Waals surface area contributed by atoms with Gasteiger partial charge in [-0.1, -0.05) is 23.7 Å². The van der Waals surface area contributed by atoms with E-state index in [0.717, 1.165) is 17.2 Å². The molecule has 0 saturated carbocycles. The fourth-order valence-electron chi connectivity index (χ4n) is 2.46. The van der Waals surface area contributed by atoms with Gasteiger partial charge in [-0.3, -0.25) is 4.99 Å². The Morgan fingerprint density at radius 3 is 2.44 bits per heavy atom. The Morgan fingerprint density at radius 1 is 1.32 bits per heavy atom. The van der Waals surface area contributed by atoms with Crippen LogP contribution in [0.25, 0.3) is 0 Å². The number of guanidine groups is 1. The van der Waals surface area contributed by atoms with Crippen molar-refractivity contribution < 1.29 is 8.42 Å². The topological polar surface area (TPSA) is 66.7 Å². The maximum Gasteiger partial charge on any atom is 0.194 e. The van der Waals surface area contributed by atoms with Gasteiger partial charge in [0.2, 0.25) is 0 Å². The molecule has 0 atom stereocenters. The van der Waals surface area contributed by atoms with Crippen LogP contribution in [0, 0.1) is 0 Å². The second-order valence-corrected chi connectivity index (χ2v) is 8.39. The van der Waals surface area contributed by atoms with E-state index in [0.29, 0.717) is 23.0 Å². The monoisotopic (exact) mass is 382 g/mol. The fourth-order valence-corrected chi connectivity index (χ4v) is 3.36. The summed E-state index contributed by atoms with van der Waals surface area (Å²) < 4.78 is 25.0. The third-order valence-corrected chi connectivity index (χ3v) is 5.18. The highest BCUT2D eigenvalue weighted by Crippen LogP contribution is 2.14. The number of aromatic nitrogens is 1. The number of aryl methyl sites for hydroxylation is 1. The predicted molar refractivity (Wildman–Crippen MR) is 102 cm³/mol. The van der Waals surface area contributed by atoms with Gasteiger partial charge in [0.05, 0.1) is 16.5 Å². The van der Waals surface area contributed by atoms with Crippen molar-refractivity contribution in [3.05, 3.63) is 52.8 Å². The molecule has 1 N–H and O–H groups in total. The Labute approximate surface area is 154 Å². The van der Waals surface area contributed by atoms with Crippen molar-refractivity contribution in [3.63, 3.8) is 0 Å². The number of nitrogens with one attached hydrogen (secondary N) is 1. The van der Waals surface area contributed by atoms with E-state index in [1.54, 1.807) is 31.3 Å². The Bertz CT molecular complexity index is 857. The van der Waals surface area contributed by atoms with E-state index in [1.165, 1.54) is 6.26 Å². The maximum atomic E-state index is 11.5. The number of nitrogens with zero attached hydrogens (tertiary/aromatic N) is 3. The highest BCUT2D eigenvalue weighted by Gasteiger charge is 2.10. The van der Waals surface area contributed by atoms with E-state index in [2.05, 4.69) is 10.3 Å². The molecule has 25 heavy (non-hydrogen) atoms. The molecule has 0 aliphatic rings. The van der Waals surface area contributed by atoms with Crippen molar-refractivity contribution in [2.45, 2.75) is 18.0 Å². The summed E-state index contributed by atoms with van der Waals surface area (Å²) >= 11 is 6.02. The van der Waals surface area contributed by atoms with Crippen LogP contribution in [-0.2, 0) is 30.0 Å². The minimum atomic E-state index is -3.17. The van der Waals surface area contributed by atoms with Crippen molar-refractivity contribution in [1.82, 2.24) is 14.8 Å². The predicted octanol–water partition coefficient (Wildman–Crippen LogP) is 2.29. The van der Waals surface area contributed by atoms with Crippen molar-refractivity contribution in [2.75, 3.05) is 20.4 Å². The molecule has 2 aromatic rings.